The molecule has 0 atom stereocenters. The molecular weight excluding hydrogens is 452 g/mol. The number of fused-ring (bicyclic) bond motifs is 2. The van der Waals surface area contributed by atoms with Crippen molar-refractivity contribution in [2.24, 2.45) is 0 Å². The first kappa shape index (κ1) is 22.4. The van der Waals surface area contributed by atoms with Crippen molar-refractivity contribution in [3.05, 3.63) is 88.3 Å². The molecule has 8 heteroatoms. The van der Waals surface area contributed by atoms with Crippen LogP contribution in [-0.2, 0) is 23.9 Å². The molecule has 0 N–H and O–H groups in total. The third-order valence-corrected chi connectivity index (χ3v) is 5.55. The van der Waals surface area contributed by atoms with Crippen LogP contribution in [0.15, 0.2) is 66.7 Å². The van der Waals surface area contributed by atoms with Gasteiger partial charge >= 0.3 is 17.9 Å². The summed E-state index contributed by atoms with van der Waals surface area (Å²) >= 11 is 0. The molecule has 35 heavy (non-hydrogen) atoms. The fourth-order valence-corrected chi connectivity index (χ4v) is 3.93. The predicted molar refractivity (Wildman–Crippen MR) is 123 cm³/mol. The van der Waals surface area contributed by atoms with Crippen LogP contribution in [0.4, 0.5) is 0 Å². The SMILES string of the molecule is COCCOC(=O)COc1ccc(C2=c3cc4c(cc3OC2=O)=C(c2ccccc2)C(=O)O4)cc1. The van der Waals surface area contributed by atoms with Crippen LogP contribution in [-0.4, -0.2) is 44.8 Å². The predicted octanol–water partition coefficient (Wildman–Crippen LogP) is 1.49. The Bertz CT molecular complexity index is 1440. The van der Waals surface area contributed by atoms with Gasteiger partial charge in [0.2, 0.25) is 0 Å². The van der Waals surface area contributed by atoms with Crippen molar-refractivity contribution < 1.29 is 38.1 Å². The van der Waals surface area contributed by atoms with Gasteiger partial charge in [0.25, 0.3) is 0 Å². The number of esters is 3. The molecule has 0 unspecified atom stereocenters. The molecule has 0 aliphatic carbocycles. The van der Waals surface area contributed by atoms with E-state index in [-0.39, 0.29) is 13.2 Å². The molecule has 2 aliphatic heterocycles. The third kappa shape index (κ3) is 4.39. The molecule has 8 nitrogen and oxygen atoms in total. The zero-order valence-electron chi connectivity index (χ0n) is 18.7. The van der Waals surface area contributed by atoms with Crippen LogP contribution in [0.5, 0.6) is 17.2 Å². The number of methoxy groups -OCH3 is 1. The quantitative estimate of drug-likeness (QED) is 0.276. The Labute approximate surface area is 199 Å². The maximum Gasteiger partial charge on any atom is 0.344 e. The Hall–Kier alpha value is -4.43. The molecular formula is C27H20O8. The highest BCUT2D eigenvalue weighted by atomic mass is 16.6. The summed E-state index contributed by atoms with van der Waals surface area (Å²) in [6.07, 6.45) is 0. The number of carbonyl (C=O) groups excluding carboxylic acids is 3. The van der Waals surface area contributed by atoms with Gasteiger partial charge in [-0.2, -0.15) is 0 Å². The summed E-state index contributed by atoms with van der Waals surface area (Å²) in [7, 11) is 1.52. The highest BCUT2D eigenvalue weighted by Gasteiger charge is 2.30. The largest absolute Gasteiger partial charge is 0.482 e. The molecule has 0 aromatic heterocycles. The van der Waals surface area contributed by atoms with Gasteiger partial charge in [0.05, 0.1) is 17.8 Å². The normalized spacial score (nSPS) is 13.7. The summed E-state index contributed by atoms with van der Waals surface area (Å²) in [5, 5.41) is 1.11. The average molecular weight is 472 g/mol. The maximum absolute atomic E-state index is 12.7. The van der Waals surface area contributed by atoms with Crippen LogP contribution in [0, 0.1) is 0 Å². The summed E-state index contributed by atoms with van der Waals surface area (Å²) in [4.78, 5) is 37.0. The second kappa shape index (κ2) is 9.44. The average Bonchev–Trinajstić information content (AvgIpc) is 3.36. The Morgan fingerprint density at radius 3 is 1.91 bits per heavy atom. The molecule has 0 bridgehead atoms. The van der Waals surface area contributed by atoms with Crippen LogP contribution in [0.2, 0.25) is 0 Å². The maximum atomic E-state index is 12.7. The summed E-state index contributed by atoms with van der Waals surface area (Å²) in [5.74, 6) is -0.305. The van der Waals surface area contributed by atoms with Gasteiger partial charge in [-0.05, 0) is 35.4 Å². The smallest absolute Gasteiger partial charge is 0.344 e. The molecule has 0 radical (unpaired) electrons. The molecule has 3 aromatic rings. The first-order valence-corrected chi connectivity index (χ1v) is 10.9. The zero-order chi connectivity index (χ0) is 24.4. The Balaban J connectivity index is 1.44. The highest BCUT2D eigenvalue weighted by Crippen LogP contribution is 2.27. The molecule has 0 saturated carbocycles. The minimum absolute atomic E-state index is 0.154. The summed E-state index contributed by atoms with van der Waals surface area (Å²) in [6, 6.07) is 19.2. The molecule has 0 spiro atoms. The van der Waals surface area contributed by atoms with Crippen molar-refractivity contribution in [2.75, 3.05) is 26.9 Å². The van der Waals surface area contributed by atoms with Crippen LogP contribution in [0.1, 0.15) is 11.1 Å². The van der Waals surface area contributed by atoms with Crippen molar-refractivity contribution in [1.82, 2.24) is 0 Å². The van der Waals surface area contributed by atoms with Crippen molar-refractivity contribution in [2.45, 2.75) is 0 Å². The third-order valence-electron chi connectivity index (χ3n) is 5.55. The number of ether oxygens (including phenoxy) is 5. The lowest BCUT2D eigenvalue weighted by molar-refractivity contribution is -0.147. The number of hydrogen-bond acceptors (Lipinski definition) is 8. The highest BCUT2D eigenvalue weighted by molar-refractivity contribution is 6.21. The van der Waals surface area contributed by atoms with Crippen molar-refractivity contribution in [3.63, 3.8) is 0 Å². The summed E-state index contributed by atoms with van der Waals surface area (Å²) in [6.45, 7) is 0.216. The van der Waals surface area contributed by atoms with E-state index in [1.54, 1.807) is 36.4 Å². The van der Waals surface area contributed by atoms with E-state index in [1.807, 2.05) is 30.3 Å². The van der Waals surface area contributed by atoms with Gasteiger partial charge in [-0.1, -0.05) is 42.5 Å². The molecule has 0 saturated heterocycles. The van der Waals surface area contributed by atoms with Crippen molar-refractivity contribution in [3.8, 4) is 17.2 Å². The van der Waals surface area contributed by atoms with E-state index >= 15 is 0 Å². The van der Waals surface area contributed by atoms with Crippen LogP contribution in [0.25, 0.3) is 11.1 Å². The van der Waals surface area contributed by atoms with Gasteiger partial charge in [-0.3, -0.25) is 0 Å². The van der Waals surface area contributed by atoms with Crippen LogP contribution < -0.4 is 24.6 Å². The minimum Gasteiger partial charge on any atom is -0.482 e. The van der Waals surface area contributed by atoms with Crippen LogP contribution in [0.3, 0.4) is 0 Å². The summed E-state index contributed by atoms with van der Waals surface area (Å²) < 4.78 is 26.2. The van der Waals surface area contributed by atoms with E-state index in [9.17, 15) is 14.4 Å². The fourth-order valence-electron chi connectivity index (χ4n) is 3.93. The first-order chi connectivity index (χ1) is 17.0. The molecule has 3 aromatic carbocycles. The first-order valence-electron chi connectivity index (χ1n) is 10.9. The van der Waals surface area contributed by atoms with E-state index in [0.717, 1.165) is 5.56 Å². The molecule has 2 heterocycles. The van der Waals surface area contributed by atoms with E-state index in [1.165, 1.54) is 7.11 Å². The van der Waals surface area contributed by atoms with Crippen molar-refractivity contribution >= 4 is 29.1 Å². The molecule has 2 aliphatic rings. The number of carbonyl (C=O) groups is 3. The lowest BCUT2D eigenvalue weighted by atomic mass is 10.0. The van der Waals surface area contributed by atoms with E-state index in [4.69, 9.17) is 23.7 Å². The Kier molecular flexibility index (Phi) is 6.03. The topological polar surface area (TPSA) is 97.4 Å². The second-order valence-electron chi connectivity index (χ2n) is 7.77. The van der Waals surface area contributed by atoms with Gasteiger partial charge in [0.1, 0.15) is 23.9 Å². The standard InChI is InChI=1S/C27H20O8/c1-31-11-12-32-23(28)15-33-18-9-7-17(8-10-18)25-20-14-21-19(13-22(20)35-27(25)30)24(26(29)34-21)16-5-3-2-4-6-16/h2-10,13-14H,11-12,15H2,1H3. The monoisotopic (exact) mass is 472 g/mol. The van der Waals surface area contributed by atoms with E-state index in [0.29, 0.717) is 51.0 Å². The van der Waals surface area contributed by atoms with Gasteiger partial charge in [-0.25, -0.2) is 14.4 Å². The van der Waals surface area contributed by atoms with Gasteiger partial charge < -0.3 is 23.7 Å². The number of benzene rings is 3. The van der Waals surface area contributed by atoms with E-state index < -0.39 is 17.9 Å². The molecule has 176 valence electrons. The Morgan fingerprint density at radius 2 is 1.34 bits per heavy atom. The van der Waals surface area contributed by atoms with E-state index in [2.05, 4.69) is 0 Å². The van der Waals surface area contributed by atoms with Crippen LogP contribution >= 0.6 is 0 Å². The number of rotatable bonds is 8. The number of hydrogen-bond donors (Lipinski definition) is 0. The molecule has 5 rings (SSSR count). The van der Waals surface area contributed by atoms with Crippen molar-refractivity contribution in [1.29, 1.82) is 0 Å². The van der Waals surface area contributed by atoms with Gasteiger partial charge in [-0.15, -0.1) is 0 Å². The lowest BCUT2D eigenvalue weighted by Crippen LogP contribution is -2.17. The molecule has 0 fully saturated rings. The summed E-state index contributed by atoms with van der Waals surface area (Å²) in [5.41, 5.74) is 2.09. The molecule has 0 amide bonds. The second-order valence-corrected chi connectivity index (χ2v) is 7.77. The van der Waals surface area contributed by atoms with Gasteiger partial charge in [0, 0.05) is 17.5 Å². The fraction of sp³-hybridized carbons (Fsp3) is 0.148. The zero-order valence-corrected chi connectivity index (χ0v) is 18.7. The van der Waals surface area contributed by atoms with Gasteiger partial charge in [0.15, 0.2) is 6.61 Å². The Morgan fingerprint density at radius 1 is 0.771 bits per heavy atom. The minimum atomic E-state index is -0.510. The lowest BCUT2D eigenvalue weighted by Gasteiger charge is -2.07.